The van der Waals surface area contributed by atoms with E-state index in [0.29, 0.717) is 18.4 Å². The highest BCUT2D eigenvalue weighted by molar-refractivity contribution is 5.96. The monoisotopic (exact) mass is 303 g/mol. The molecule has 0 atom stereocenters. The molecule has 1 aromatic carbocycles. The lowest BCUT2D eigenvalue weighted by Gasteiger charge is -2.10. The van der Waals surface area contributed by atoms with Crippen LogP contribution in [0, 0.1) is 5.82 Å². The molecule has 1 amide bonds. The Morgan fingerprint density at radius 3 is 2.36 bits per heavy atom. The number of aryl methyl sites for hydroxylation is 1. The van der Waals surface area contributed by atoms with Gasteiger partial charge in [0.25, 0.3) is 5.91 Å². The van der Waals surface area contributed by atoms with E-state index in [4.69, 9.17) is 0 Å². The van der Waals surface area contributed by atoms with Crippen molar-refractivity contribution in [1.29, 1.82) is 0 Å². The fraction of sp³-hybridized carbons (Fsp3) is 0.412. The van der Waals surface area contributed by atoms with Gasteiger partial charge in [0.1, 0.15) is 5.82 Å². The first-order valence-electron chi connectivity index (χ1n) is 7.65. The van der Waals surface area contributed by atoms with Crippen LogP contribution >= 0.6 is 0 Å². The van der Waals surface area contributed by atoms with Gasteiger partial charge in [-0.05, 0) is 51.0 Å². The van der Waals surface area contributed by atoms with Gasteiger partial charge in [-0.1, -0.05) is 13.8 Å². The first-order valence-corrected chi connectivity index (χ1v) is 7.65. The molecule has 4 nitrogen and oxygen atoms in total. The van der Waals surface area contributed by atoms with Crippen molar-refractivity contribution in [1.82, 2.24) is 15.1 Å². The molecule has 0 aliphatic rings. The Kier molecular flexibility index (Phi) is 4.96. The van der Waals surface area contributed by atoms with E-state index in [1.807, 2.05) is 27.7 Å². The molecule has 1 N–H and O–H groups in total. The summed E-state index contributed by atoms with van der Waals surface area (Å²) in [6.07, 6.45) is 1.34. The van der Waals surface area contributed by atoms with Crippen LogP contribution in [0.25, 0.3) is 5.69 Å². The Morgan fingerprint density at radius 2 is 1.86 bits per heavy atom. The molecular formula is C17H22FN3O. The van der Waals surface area contributed by atoms with Crippen LogP contribution in [0.15, 0.2) is 24.3 Å². The number of halogens is 1. The van der Waals surface area contributed by atoms with Crippen LogP contribution in [0.5, 0.6) is 0 Å². The van der Waals surface area contributed by atoms with Gasteiger partial charge < -0.3 is 5.32 Å². The third-order valence-electron chi connectivity index (χ3n) is 3.44. The average molecular weight is 303 g/mol. The Balaban J connectivity index is 2.54. The molecule has 2 aromatic rings. The zero-order valence-corrected chi connectivity index (χ0v) is 13.5. The van der Waals surface area contributed by atoms with Gasteiger partial charge >= 0.3 is 0 Å². The third-order valence-corrected chi connectivity index (χ3v) is 3.44. The number of nitrogens with one attached hydrogen (secondary N) is 1. The molecule has 1 aromatic heterocycles. The van der Waals surface area contributed by atoms with E-state index in [1.165, 1.54) is 12.1 Å². The van der Waals surface area contributed by atoms with Crippen molar-refractivity contribution in [2.75, 3.05) is 0 Å². The van der Waals surface area contributed by atoms with E-state index in [2.05, 4.69) is 10.4 Å². The minimum Gasteiger partial charge on any atom is -0.350 e. The predicted molar refractivity (Wildman–Crippen MR) is 84.9 cm³/mol. The summed E-state index contributed by atoms with van der Waals surface area (Å²) in [7, 11) is 0. The first kappa shape index (κ1) is 16.2. The van der Waals surface area contributed by atoms with Gasteiger partial charge in [0.2, 0.25) is 0 Å². The molecule has 0 fully saturated rings. The number of aromatic nitrogens is 2. The van der Waals surface area contributed by atoms with Crippen molar-refractivity contribution >= 4 is 5.91 Å². The number of hydrogen-bond donors (Lipinski definition) is 1. The van der Waals surface area contributed by atoms with Gasteiger partial charge in [0, 0.05) is 6.04 Å². The Morgan fingerprint density at radius 1 is 1.23 bits per heavy atom. The summed E-state index contributed by atoms with van der Waals surface area (Å²) in [6, 6.07) is 6.21. The van der Waals surface area contributed by atoms with E-state index in [1.54, 1.807) is 16.8 Å². The van der Waals surface area contributed by atoms with Gasteiger partial charge in [0.05, 0.1) is 22.6 Å². The summed E-state index contributed by atoms with van der Waals surface area (Å²) in [5, 5.41) is 7.49. The second kappa shape index (κ2) is 6.73. The van der Waals surface area contributed by atoms with Crippen LogP contribution < -0.4 is 5.32 Å². The summed E-state index contributed by atoms with van der Waals surface area (Å²) in [5.41, 5.74) is 3.01. The molecule has 5 heteroatoms. The first-order chi connectivity index (χ1) is 10.5. The summed E-state index contributed by atoms with van der Waals surface area (Å²) < 4.78 is 14.9. The van der Waals surface area contributed by atoms with Crippen LogP contribution in [0.2, 0.25) is 0 Å². The molecule has 118 valence electrons. The lowest BCUT2D eigenvalue weighted by molar-refractivity contribution is 0.0941. The maximum absolute atomic E-state index is 13.1. The molecular weight excluding hydrogens is 281 g/mol. The van der Waals surface area contributed by atoms with Crippen molar-refractivity contribution < 1.29 is 9.18 Å². The lowest BCUT2D eigenvalue weighted by atomic mass is 10.1. The molecule has 0 aliphatic carbocycles. The number of nitrogens with zero attached hydrogens (tertiary/aromatic N) is 2. The van der Waals surface area contributed by atoms with Crippen LogP contribution in [0.3, 0.4) is 0 Å². The Hall–Kier alpha value is -2.17. The fourth-order valence-corrected chi connectivity index (χ4v) is 2.47. The molecule has 0 aliphatic heterocycles. The summed E-state index contributed by atoms with van der Waals surface area (Å²) in [4.78, 5) is 12.5. The van der Waals surface area contributed by atoms with Crippen LogP contribution in [-0.4, -0.2) is 21.7 Å². The number of benzene rings is 1. The molecule has 0 bridgehead atoms. The van der Waals surface area contributed by atoms with Gasteiger partial charge in [0.15, 0.2) is 0 Å². The number of rotatable bonds is 5. The Bertz CT molecular complexity index is 659. The summed E-state index contributed by atoms with van der Waals surface area (Å²) >= 11 is 0. The van der Waals surface area contributed by atoms with Crippen LogP contribution in [0.4, 0.5) is 4.39 Å². The summed E-state index contributed by atoms with van der Waals surface area (Å²) in [6.45, 7) is 7.82. The average Bonchev–Trinajstić information content (AvgIpc) is 2.86. The maximum Gasteiger partial charge on any atom is 0.255 e. The van der Waals surface area contributed by atoms with Gasteiger partial charge in [-0.2, -0.15) is 5.10 Å². The zero-order chi connectivity index (χ0) is 16.3. The standard InChI is InChI=1S/C17H22FN3O/c1-5-14-16(17(22)19-11(3)4)15(6-2)21(20-14)13-9-7-12(18)8-10-13/h7-11H,5-6H2,1-4H3,(H,19,22). The summed E-state index contributed by atoms with van der Waals surface area (Å²) in [5.74, 6) is -0.389. The quantitative estimate of drug-likeness (QED) is 0.921. The van der Waals surface area contributed by atoms with Crippen molar-refractivity contribution in [2.24, 2.45) is 0 Å². The molecule has 2 rings (SSSR count). The highest BCUT2D eigenvalue weighted by Gasteiger charge is 2.22. The molecule has 0 unspecified atom stereocenters. The highest BCUT2D eigenvalue weighted by Crippen LogP contribution is 2.21. The third kappa shape index (κ3) is 3.18. The molecule has 0 radical (unpaired) electrons. The maximum atomic E-state index is 13.1. The van der Waals surface area contributed by atoms with Gasteiger partial charge in [-0.15, -0.1) is 0 Å². The van der Waals surface area contributed by atoms with Gasteiger partial charge in [-0.3, -0.25) is 4.79 Å². The molecule has 0 spiro atoms. The number of carbonyl (C=O) groups is 1. The van der Waals surface area contributed by atoms with Crippen molar-refractivity contribution in [3.05, 3.63) is 47.0 Å². The zero-order valence-electron chi connectivity index (χ0n) is 13.5. The normalized spacial score (nSPS) is 11.0. The second-order valence-corrected chi connectivity index (χ2v) is 5.49. The molecule has 1 heterocycles. The van der Waals surface area contributed by atoms with Crippen LogP contribution in [0.1, 0.15) is 49.4 Å². The number of carbonyl (C=O) groups excluding carboxylic acids is 1. The minimum absolute atomic E-state index is 0.0658. The Labute approximate surface area is 130 Å². The van der Waals surface area contributed by atoms with E-state index in [0.717, 1.165) is 17.1 Å². The number of amides is 1. The molecule has 22 heavy (non-hydrogen) atoms. The minimum atomic E-state index is -0.289. The lowest BCUT2D eigenvalue weighted by Crippen LogP contribution is -2.31. The van der Waals surface area contributed by atoms with Crippen molar-refractivity contribution in [2.45, 2.75) is 46.6 Å². The van der Waals surface area contributed by atoms with E-state index >= 15 is 0 Å². The van der Waals surface area contributed by atoms with Crippen molar-refractivity contribution in [3.63, 3.8) is 0 Å². The molecule has 0 saturated heterocycles. The van der Waals surface area contributed by atoms with Crippen molar-refractivity contribution in [3.8, 4) is 5.69 Å². The highest BCUT2D eigenvalue weighted by atomic mass is 19.1. The second-order valence-electron chi connectivity index (χ2n) is 5.49. The topological polar surface area (TPSA) is 46.9 Å². The fourth-order valence-electron chi connectivity index (χ4n) is 2.47. The SMILES string of the molecule is CCc1nn(-c2ccc(F)cc2)c(CC)c1C(=O)NC(C)C. The largest absolute Gasteiger partial charge is 0.350 e. The predicted octanol–water partition coefficient (Wildman–Crippen LogP) is 3.27. The van der Waals surface area contributed by atoms with Gasteiger partial charge in [-0.25, -0.2) is 9.07 Å². The molecule has 0 saturated carbocycles. The van der Waals surface area contributed by atoms with E-state index in [-0.39, 0.29) is 17.8 Å². The number of hydrogen-bond acceptors (Lipinski definition) is 2. The van der Waals surface area contributed by atoms with E-state index < -0.39 is 0 Å². The smallest absolute Gasteiger partial charge is 0.255 e. The van der Waals surface area contributed by atoms with E-state index in [9.17, 15) is 9.18 Å². The van der Waals surface area contributed by atoms with Crippen LogP contribution in [-0.2, 0) is 12.8 Å².